The molecule has 6 heteroatoms. The minimum Gasteiger partial charge on any atom is -0.490 e. The Hall–Kier alpha value is -3.77. The van der Waals surface area contributed by atoms with Gasteiger partial charge in [-0.25, -0.2) is 0 Å². The van der Waals surface area contributed by atoms with E-state index < -0.39 is 0 Å². The molecule has 0 aromatic heterocycles. The number of para-hydroxylation sites is 1. The third-order valence-corrected chi connectivity index (χ3v) is 5.48. The van der Waals surface area contributed by atoms with Crippen molar-refractivity contribution in [1.82, 2.24) is 0 Å². The number of ether oxygens (including phenoxy) is 3. The molecule has 172 valence electrons. The molecule has 34 heavy (non-hydrogen) atoms. The number of hydrogen-bond acceptors (Lipinski definition) is 4. The molecule has 4 rings (SSSR count). The van der Waals surface area contributed by atoms with Crippen LogP contribution in [0.4, 0.5) is 5.69 Å². The number of carbonyl (C=O) groups excluding carboxylic acids is 1. The Kier molecular flexibility index (Phi) is 7.83. The second-order valence-electron chi connectivity index (χ2n) is 7.39. The first-order valence-electron chi connectivity index (χ1n) is 10.9. The van der Waals surface area contributed by atoms with Crippen LogP contribution >= 0.6 is 15.9 Å². The Bertz CT molecular complexity index is 1230. The Morgan fingerprint density at radius 2 is 1.47 bits per heavy atom. The maximum absolute atomic E-state index is 12.9. The van der Waals surface area contributed by atoms with Crippen LogP contribution in [0.3, 0.4) is 0 Å². The van der Waals surface area contributed by atoms with Crippen molar-refractivity contribution in [3.63, 3.8) is 0 Å². The summed E-state index contributed by atoms with van der Waals surface area (Å²) in [7, 11) is 0. The number of benzene rings is 4. The molecule has 0 radical (unpaired) electrons. The van der Waals surface area contributed by atoms with Crippen molar-refractivity contribution in [2.45, 2.75) is 13.5 Å². The molecular weight excluding hydrogens is 494 g/mol. The molecule has 0 saturated heterocycles. The lowest BCUT2D eigenvalue weighted by Crippen LogP contribution is -2.12. The fraction of sp³-hybridized carbons (Fsp3) is 0.107. The van der Waals surface area contributed by atoms with E-state index in [4.69, 9.17) is 14.2 Å². The van der Waals surface area contributed by atoms with E-state index in [0.29, 0.717) is 46.2 Å². The van der Waals surface area contributed by atoms with Crippen LogP contribution in [0.25, 0.3) is 0 Å². The summed E-state index contributed by atoms with van der Waals surface area (Å²) in [6, 6.07) is 30.0. The lowest BCUT2D eigenvalue weighted by Gasteiger charge is -2.16. The zero-order chi connectivity index (χ0) is 23.8. The second kappa shape index (κ2) is 11.4. The number of nitrogens with one attached hydrogen (secondary N) is 1. The average molecular weight is 518 g/mol. The maximum atomic E-state index is 12.9. The molecule has 0 aliphatic rings. The van der Waals surface area contributed by atoms with Crippen molar-refractivity contribution < 1.29 is 19.0 Å². The van der Waals surface area contributed by atoms with Gasteiger partial charge in [-0.2, -0.15) is 0 Å². The van der Waals surface area contributed by atoms with Gasteiger partial charge in [0, 0.05) is 11.3 Å². The van der Waals surface area contributed by atoms with Crippen LogP contribution in [0.5, 0.6) is 23.0 Å². The number of anilines is 1. The van der Waals surface area contributed by atoms with Crippen molar-refractivity contribution in [2.24, 2.45) is 0 Å². The van der Waals surface area contributed by atoms with Crippen molar-refractivity contribution >= 4 is 27.5 Å². The van der Waals surface area contributed by atoms with E-state index in [1.54, 1.807) is 24.3 Å². The molecule has 1 amide bonds. The van der Waals surface area contributed by atoms with Gasteiger partial charge in [0.15, 0.2) is 11.5 Å². The molecule has 0 saturated carbocycles. The van der Waals surface area contributed by atoms with E-state index in [9.17, 15) is 4.79 Å². The van der Waals surface area contributed by atoms with Crippen LogP contribution in [0.1, 0.15) is 22.8 Å². The zero-order valence-corrected chi connectivity index (χ0v) is 20.2. The van der Waals surface area contributed by atoms with Gasteiger partial charge in [0.25, 0.3) is 5.91 Å². The summed E-state index contributed by atoms with van der Waals surface area (Å²) < 4.78 is 18.2. The van der Waals surface area contributed by atoms with Crippen molar-refractivity contribution in [3.05, 3.63) is 113 Å². The Morgan fingerprint density at radius 1 is 0.824 bits per heavy atom. The molecule has 0 atom stereocenters. The van der Waals surface area contributed by atoms with Gasteiger partial charge < -0.3 is 19.5 Å². The SMILES string of the molecule is CCOc1cc(C(=O)Nc2ccc(Oc3ccccc3)cc2)cc(Br)c1OCc1ccccc1. The van der Waals surface area contributed by atoms with Gasteiger partial charge in [0.1, 0.15) is 18.1 Å². The molecular formula is C28H24BrNO4. The van der Waals surface area contributed by atoms with E-state index in [1.807, 2.05) is 79.7 Å². The van der Waals surface area contributed by atoms with Crippen LogP contribution < -0.4 is 19.5 Å². The summed E-state index contributed by atoms with van der Waals surface area (Å²) >= 11 is 3.53. The Morgan fingerprint density at radius 3 is 2.15 bits per heavy atom. The van der Waals surface area contributed by atoms with E-state index in [1.165, 1.54) is 0 Å². The van der Waals surface area contributed by atoms with Gasteiger partial charge in [0.2, 0.25) is 0 Å². The maximum Gasteiger partial charge on any atom is 0.255 e. The number of carbonyl (C=O) groups is 1. The first kappa shape index (κ1) is 23.4. The molecule has 0 fully saturated rings. The van der Waals surface area contributed by atoms with Crippen molar-refractivity contribution in [2.75, 3.05) is 11.9 Å². The summed E-state index contributed by atoms with van der Waals surface area (Å²) in [6.07, 6.45) is 0. The molecule has 0 aliphatic carbocycles. The first-order chi connectivity index (χ1) is 16.6. The lowest BCUT2D eigenvalue weighted by atomic mass is 10.1. The van der Waals surface area contributed by atoms with Crippen LogP contribution in [-0.2, 0) is 6.61 Å². The predicted octanol–water partition coefficient (Wildman–Crippen LogP) is 7.47. The highest BCUT2D eigenvalue weighted by Gasteiger charge is 2.17. The van der Waals surface area contributed by atoms with E-state index in [2.05, 4.69) is 21.2 Å². The van der Waals surface area contributed by atoms with Gasteiger partial charge in [-0.15, -0.1) is 0 Å². The van der Waals surface area contributed by atoms with Crippen LogP contribution in [0.2, 0.25) is 0 Å². The number of amides is 1. The quantitative estimate of drug-likeness (QED) is 0.250. The molecule has 0 unspecified atom stereocenters. The summed E-state index contributed by atoms with van der Waals surface area (Å²) in [5.74, 6) is 2.25. The minimum absolute atomic E-state index is 0.256. The molecule has 4 aromatic rings. The average Bonchev–Trinajstić information content (AvgIpc) is 2.86. The van der Waals surface area contributed by atoms with Gasteiger partial charge in [-0.1, -0.05) is 48.5 Å². The van der Waals surface area contributed by atoms with Gasteiger partial charge >= 0.3 is 0 Å². The summed E-state index contributed by atoms with van der Waals surface area (Å²) in [4.78, 5) is 12.9. The van der Waals surface area contributed by atoms with Crippen LogP contribution in [0.15, 0.2) is 102 Å². The molecule has 0 bridgehead atoms. The normalized spacial score (nSPS) is 10.4. The molecule has 4 aromatic carbocycles. The van der Waals surface area contributed by atoms with E-state index in [-0.39, 0.29) is 5.91 Å². The smallest absolute Gasteiger partial charge is 0.255 e. The highest BCUT2D eigenvalue weighted by molar-refractivity contribution is 9.10. The van der Waals surface area contributed by atoms with Crippen LogP contribution in [0, 0.1) is 0 Å². The standard InChI is InChI=1S/C28H24BrNO4/c1-2-32-26-18-21(17-25(29)27(26)33-19-20-9-5-3-6-10-20)28(31)30-22-13-15-24(16-14-22)34-23-11-7-4-8-12-23/h3-18H,2,19H2,1H3,(H,30,31). The highest BCUT2D eigenvalue weighted by Crippen LogP contribution is 2.37. The molecule has 0 aliphatic heterocycles. The highest BCUT2D eigenvalue weighted by atomic mass is 79.9. The lowest BCUT2D eigenvalue weighted by molar-refractivity contribution is 0.102. The molecule has 0 heterocycles. The summed E-state index contributed by atoms with van der Waals surface area (Å²) in [5, 5.41) is 2.91. The van der Waals surface area contributed by atoms with Gasteiger partial charge in [-0.3, -0.25) is 4.79 Å². The minimum atomic E-state index is -0.256. The monoisotopic (exact) mass is 517 g/mol. The first-order valence-corrected chi connectivity index (χ1v) is 11.7. The largest absolute Gasteiger partial charge is 0.490 e. The predicted molar refractivity (Wildman–Crippen MR) is 137 cm³/mol. The molecule has 5 nitrogen and oxygen atoms in total. The third kappa shape index (κ3) is 6.17. The Labute approximate surface area is 207 Å². The number of halogens is 1. The van der Waals surface area contributed by atoms with Crippen LogP contribution in [-0.4, -0.2) is 12.5 Å². The number of rotatable bonds is 9. The van der Waals surface area contributed by atoms with E-state index in [0.717, 1.165) is 11.3 Å². The summed E-state index contributed by atoms with van der Waals surface area (Å²) in [6.45, 7) is 2.73. The number of hydrogen-bond donors (Lipinski definition) is 1. The fourth-order valence-electron chi connectivity index (χ4n) is 3.27. The molecule has 0 spiro atoms. The van der Waals surface area contributed by atoms with Gasteiger partial charge in [-0.05, 0) is 76.9 Å². The topological polar surface area (TPSA) is 56.8 Å². The zero-order valence-electron chi connectivity index (χ0n) is 18.7. The molecule has 1 N–H and O–H groups in total. The van der Waals surface area contributed by atoms with Crippen molar-refractivity contribution in [3.8, 4) is 23.0 Å². The van der Waals surface area contributed by atoms with Crippen molar-refractivity contribution in [1.29, 1.82) is 0 Å². The Balaban J connectivity index is 1.45. The van der Waals surface area contributed by atoms with E-state index >= 15 is 0 Å². The fourth-order valence-corrected chi connectivity index (χ4v) is 3.82. The second-order valence-corrected chi connectivity index (χ2v) is 8.24. The summed E-state index contributed by atoms with van der Waals surface area (Å²) in [5.41, 5.74) is 2.15. The third-order valence-electron chi connectivity index (χ3n) is 4.89. The van der Waals surface area contributed by atoms with Gasteiger partial charge in [0.05, 0.1) is 11.1 Å².